The Morgan fingerprint density at radius 2 is 1.52 bits per heavy atom. The Bertz CT molecular complexity index is 775. The number of methoxy groups -OCH3 is 1. The molecule has 3 rings (SSSR count). The lowest BCUT2D eigenvalue weighted by Gasteiger charge is -2.41. The van der Waals surface area contributed by atoms with Crippen LogP contribution < -0.4 is 11.1 Å². The zero-order chi connectivity index (χ0) is 30.3. The van der Waals surface area contributed by atoms with Gasteiger partial charge in [0.15, 0.2) is 0 Å². The van der Waals surface area contributed by atoms with Crippen LogP contribution in [0.25, 0.3) is 0 Å². The average Bonchev–Trinajstić information content (AvgIpc) is 2.95. The summed E-state index contributed by atoms with van der Waals surface area (Å²) in [6, 6.07) is 0. The van der Waals surface area contributed by atoms with E-state index in [4.69, 9.17) is 19.9 Å². The summed E-state index contributed by atoms with van der Waals surface area (Å²) in [7, 11) is 1.69. The Hall–Kier alpha value is -1.22. The third-order valence-corrected chi connectivity index (χ3v) is 10.3. The van der Waals surface area contributed by atoms with Gasteiger partial charge in [-0.3, -0.25) is 9.59 Å². The van der Waals surface area contributed by atoms with E-state index in [1.807, 2.05) is 0 Å². The highest BCUT2D eigenvalue weighted by molar-refractivity contribution is 5.66. The van der Waals surface area contributed by atoms with E-state index < -0.39 is 6.10 Å². The van der Waals surface area contributed by atoms with Gasteiger partial charge < -0.3 is 30.4 Å². The molecule has 3 aliphatic rings. The van der Waals surface area contributed by atoms with Crippen molar-refractivity contribution in [3.8, 4) is 0 Å². The summed E-state index contributed by atoms with van der Waals surface area (Å²) < 4.78 is 17.2. The number of carbonyl (C=O) groups excluding carboxylic acids is 2. The van der Waals surface area contributed by atoms with Crippen LogP contribution in [0.4, 0.5) is 0 Å². The summed E-state index contributed by atoms with van der Waals surface area (Å²) in [5.41, 5.74) is 6.14. The van der Waals surface area contributed by atoms with Gasteiger partial charge >= 0.3 is 11.9 Å². The number of esters is 2. The molecule has 0 aromatic carbocycles. The molecular formula is C34H62N2O6. The van der Waals surface area contributed by atoms with Crippen molar-refractivity contribution in [2.45, 2.75) is 166 Å². The van der Waals surface area contributed by atoms with E-state index in [0.717, 1.165) is 76.7 Å². The van der Waals surface area contributed by atoms with E-state index in [9.17, 15) is 14.7 Å². The number of hydrogen-bond donors (Lipinski definition) is 3. The monoisotopic (exact) mass is 594 g/mol. The molecule has 6 unspecified atom stereocenters. The van der Waals surface area contributed by atoms with E-state index in [0.29, 0.717) is 18.3 Å². The number of carbonyl (C=O) groups is 2. The van der Waals surface area contributed by atoms with Gasteiger partial charge in [0.25, 0.3) is 0 Å². The van der Waals surface area contributed by atoms with Crippen molar-refractivity contribution in [3.63, 3.8) is 0 Å². The van der Waals surface area contributed by atoms with Gasteiger partial charge in [0.1, 0.15) is 12.2 Å². The van der Waals surface area contributed by atoms with Crippen molar-refractivity contribution in [2.24, 2.45) is 29.4 Å². The second kappa shape index (κ2) is 19.2. The Morgan fingerprint density at radius 3 is 2.19 bits per heavy atom. The first-order valence-corrected chi connectivity index (χ1v) is 17.3. The molecule has 8 heteroatoms. The number of rotatable bonds is 17. The van der Waals surface area contributed by atoms with Crippen LogP contribution in [0.1, 0.15) is 136 Å². The van der Waals surface area contributed by atoms with Crippen LogP contribution in [0.2, 0.25) is 0 Å². The normalized spacial score (nSPS) is 30.4. The lowest BCUT2D eigenvalue weighted by molar-refractivity contribution is -0.153. The van der Waals surface area contributed by atoms with Gasteiger partial charge in [-0.15, -0.1) is 0 Å². The van der Waals surface area contributed by atoms with Crippen LogP contribution >= 0.6 is 0 Å². The first-order chi connectivity index (χ1) is 20.2. The first-order valence-electron chi connectivity index (χ1n) is 17.3. The Balaban J connectivity index is 1.48. The molecule has 2 aliphatic carbocycles. The van der Waals surface area contributed by atoms with Crippen molar-refractivity contribution in [1.82, 2.24) is 5.32 Å². The second-order valence-electron chi connectivity index (χ2n) is 13.8. The fourth-order valence-electron chi connectivity index (χ4n) is 8.09. The molecule has 8 nitrogen and oxygen atoms in total. The quantitative estimate of drug-likeness (QED) is 0.138. The van der Waals surface area contributed by atoms with Gasteiger partial charge in [-0.1, -0.05) is 57.8 Å². The zero-order valence-corrected chi connectivity index (χ0v) is 26.9. The molecule has 0 spiro atoms. The Labute approximate surface area is 255 Å². The smallest absolute Gasteiger partial charge is 0.302 e. The summed E-state index contributed by atoms with van der Waals surface area (Å²) in [5.74, 6) is 1.45. The lowest BCUT2D eigenvalue weighted by atomic mass is 9.71. The fourth-order valence-corrected chi connectivity index (χ4v) is 8.09. The van der Waals surface area contributed by atoms with Gasteiger partial charge in [0.05, 0.1) is 18.4 Å². The summed E-state index contributed by atoms with van der Waals surface area (Å²) in [5, 5.41) is 14.4. The molecule has 0 amide bonds. The molecular weight excluding hydrogens is 532 g/mol. The van der Waals surface area contributed by atoms with Crippen LogP contribution in [0, 0.1) is 23.7 Å². The number of nitrogens with one attached hydrogen (secondary N) is 1. The van der Waals surface area contributed by atoms with E-state index in [1.165, 1.54) is 65.2 Å². The number of unbranched alkanes of at least 4 members (excludes halogenated alkanes) is 3. The molecule has 0 bridgehead atoms. The second-order valence-corrected chi connectivity index (χ2v) is 13.8. The SMILES string of the molecule is COC1CC(CC[C@H](C[C@H](CCCCCCC2CCCCC2)OC(C)=O)OC(C)=O)CC(CC2CCNC(N)C2)C1O. The minimum absolute atomic E-state index is 0.0368. The van der Waals surface area contributed by atoms with Gasteiger partial charge in [-0.25, -0.2) is 0 Å². The van der Waals surface area contributed by atoms with Crippen LogP contribution in [-0.4, -0.2) is 61.3 Å². The first kappa shape index (κ1) is 35.3. The summed E-state index contributed by atoms with van der Waals surface area (Å²) in [4.78, 5) is 23.9. The summed E-state index contributed by atoms with van der Waals surface area (Å²) in [6.07, 6.45) is 19.7. The highest BCUT2D eigenvalue weighted by atomic mass is 16.6. The predicted molar refractivity (Wildman–Crippen MR) is 166 cm³/mol. The van der Waals surface area contributed by atoms with E-state index in [2.05, 4.69) is 5.32 Å². The van der Waals surface area contributed by atoms with Crippen LogP contribution in [0.15, 0.2) is 0 Å². The molecule has 1 aliphatic heterocycles. The molecule has 0 aromatic heterocycles. The van der Waals surface area contributed by atoms with Crippen molar-refractivity contribution < 1.29 is 28.9 Å². The number of aliphatic hydroxyl groups is 1. The maximum atomic E-state index is 12.0. The van der Waals surface area contributed by atoms with Crippen LogP contribution in [0.5, 0.6) is 0 Å². The zero-order valence-electron chi connectivity index (χ0n) is 26.9. The number of hydrogen-bond acceptors (Lipinski definition) is 8. The van der Waals surface area contributed by atoms with Gasteiger partial charge in [0.2, 0.25) is 0 Å². The van der Waals surface area contributed by atoms with Crippen molar-refractivity contribution >= 4 is 11.9 Å². The maximum absolute atomic E-state index is 12.0. The third-order valence-electron chi connectivity index (χ3n) is 10.3. The predicted octanol–water partition coefficient (Wildman–Crippen LogP) is 6.02. The average molecular weight is 595 g/mol. The Morgan fingerprint density at radius 1 is 0.833 bits per heavy atom. The molecule has 1 saturated heterocycles. The standard InChI is InChI=1S/C34H62N2O6/c1-24(37)41-30(14-10-5-4-7-11-26-12-8-6-9-13-26)23-31(42-25(2)38)16-15-27-19-29(34(39)32(21-27)40-3)20-28-17-18-36-33(35)22-28/h26-34,36,39H,4-23,35H2,1-3H3/t27?,28?,29?,30-,31+,32?,33?,34?/m0/s1. The van der Waals surface area contributed by atoms with E-state index in [-0.39, 0.29) is 42.3 Å². The minimum atomic E-state index is -0.461. The Kier molecular flexibility index (Phi) is 16.1. The number of aliphatic hydroxyl groups excluding tert-OH is 1. The molecule has 4 N–H and O–H groups in total. The van der Waals surface area contributed by atoms with Crippen molar-refractivity contribution in [1.29, 1.82) is 0 Å². The van der Waals surface area contributed by atoms with E-state index >= 15 is 0 Å². The van der Waals surface area contributed by atoms with Gasteiger partial charge in [-0.05, 0) is 88.0 Å². The van der Waals surface area contributed by atoms with Gasteiger partial charge in [-0.2, -0.15) is 0 Å². The van der Waals surface area contributed by atoms with Crippen molar-refractivity contribution in [2.75, 3.05) is 13.7 Å². The minimum Gasteiger partial charge on any atom is -0.462 e. The topological polar surface area (TPSA) is 120 Å². The highest BCUT2D eigenvalue weighted by Crippen LogP contribution is 2.39. The van der Waals surface area contributed by atoms with Crippen LogP contribution in [-0.2, 0) is 23.8 Å². The van der Waals surface area contributed by atoms with Crippen molar-refractivity contribution in [3.05, 3.63) is 0 Å². The fraction of sp³-hybridized carbons (Fsp3) is 0.941. The third kappa shape index (κ3) is 13.2. The summed E-state index contributed by atoms with van der Waals surface area (Å²) >= 11 is 0. The number of piperidine rings is 1. The number of nitrogens with two attached hydrogens (primary N) is 1. The molecule has 3 fully saturated rings. The lowest BCUT2D eigenvalue weighted by Crippen LogP contribution is -2.47. The molecule has 0 radical (unpaired) electrons. The molecule has 42 heavy (non-hydrogen) atoms. The molecule has 0 aromatic rings. The molecule has 244 valence electrons. The molecule has 8 atom stereocenters. The largest absolute Gasteiger partial charge is 0.462 e. The molecule has 2 saturated carbocycles. The summed E-state index contributed by atoms with van der Waals surface area (Å²) in [6.45, 7) is 3.85. The van der Waals surface area contributed by atoms with E-state index in [1.54, 1.807) is 7.11 Å². The highest BCUT2D eigenvalue weighted by Gasteiger charge is 2.38. The van der Waals surface area contributed by atoms with Crippen LogP contribution in [0.3, 0.4) is 0 Å². The molecule has 1 heterocycles. The maximum Gasteiger partial charge on any atom is 0.302 e. The van der Waals surface area contributed by atoms with Gasteiger partial charge in [0, 0.05) is 27.4 Å². The number of ether oxygens (including phenoxy) is 3.